The van der Waals surface area contributed by atoms with E-state index < -0.39 is 4.92 Å². The molecule has 0 atom stereocenters. The molecule has 2 aromatic carbocycles. The number of phenols is 1. The molecule has 75 heavy (non-hydrogen) atoms. The minimum Gasteiger partial charge on any atom is -0.504 e. The Morgan fingerprint density at radius 3 is 1.43 bits per heavy atom. The van der Waals surface area contributed by atoms with E-state index in [4.69, 9.17) is 28.2 Å². The first-order valence-electron chi connectivity index (χ1n) is 25.9. The Labute approximate surface area is 456 Å². The highest BCUT2D eigenvalue weighted by atomic mass is 32.1. The number of benzene rings is 2. The largest absolute Gasteiger partial charge is 0.504 e. The molecule has 5 aromatic heterocycles. The summed E-state index contributed by atoms with van der Waals surface area (Å²) < 4.78 is 22.8. The van der Waals surface area contributed by atoms with Crippen LogP contribution in [-0.2, 0) is 52.6 Å². The number of hydrogen-bond donors (Lipinski definition) is 2. The number of aliphatic hydroxyl groups excluding tert-OH is 1. The molecule has 0 amide bonds. The van der Waals surface area contributed by atoms with Crippen molar-refractivity contribution in [1.82, 2.24) is 4.57 Å². The Kier molecular flexibility index (Phi) is 25.9. The topological polar surface area (TPSA) is 137 Å². The lowest BCUT2D eigenvalue weighted by atomic mass is 9.86. The van der Waals surface area contributed by atoms with Gasteiger partial charge in [-0.15, -0.1) is 11.3 Å². The molecule has 0 aliphatic rings. The Hall–Kier alpha value is -5.78. The average Bonchev–Trinajstić information content (AvgIpc) is 4.14. The van der Waals surface area contributed by atoms with Crippen molar-refractivity contribution < 1.29 is 33.1 Å². The Bertz CT molecular complexity index is 2660. The van der Waals surface area contributed by atoms with Gasteiger partial charge in [0.15, 0.2) is 11.5 Å². The first kappa shape index (κ1) is 67.2. The number of aryl methyl sites for hydroxylation is 5. The van der Waals surface area contributed by atoms with Crippen LogP contribution >= 0.6 is 11.3 Å². The number of methoxy groups -OCH3 is 1. The molecule has 0 saturated heterocycles. The van der Waals surface area contributed by atoms with E-state index in [0.29, 0.717) is 22.7 Å². The predicted octanol–water partition coefficient (Wildman–Crippen LogP) is 18.4. The van der Waals surface area contributed by atoms with Gasteiger partial charge in [-0.1, -0.05) is 167 Å². The van der Waals surface area contributed by atoms with Gasteiger partial charge in [-0.25, -0.2) is 0 Å². The van der Waals surface area contributed by atoms with Crippen LogP contribution in [0, 0.1) is 30.9 Å². The van der Waals surface area contributed by atoms with Crippen molar-refractivity contribution in [2.75, 3.05) is 7.11 Å². The number of aromatic nitrogens is 1. The van der Waals surface area contributed by atoms with Crippen LogP contribution in [-0.4, -0.2) is 26.8 Å². The van der Waals surface area contributed by atoms with Gasteiger partial charge >= 0.3 is 5.88 Å². The Morgan fingerprint density at radius 1 is 0.600 bits per heavy atom. The number of nitrogens with zero attached hydrogens (tertiary/aromatic N) is 2. The number of aromatic hydroxyl groups is 1. The van der Waals surface area contributed by atoms with Crippen LogP contribution in [0.2, 0.25) is 0 Å². The van der Waals surface area contributed by atoms with Crippen molar-refractivity contribution in [3.05, 3.63) is 180 Å². The van der Waals surface area contributed by atoms with Gasteiger partial charge in [-0.3, -0.25) is 10.1 Å². The maximum atomic E-state index is 10.3. The van der Waals surface area contributed by atoms with Gasteiger partial charge in [0.1, 0.15) is 40.3 Å². The standard InChI is InChI=1S/C11H16.C10H16S.C9H15N.C9H14O2.C9H14O.C8H11NO3.C8H10O2/c1-9-6-5-7-10(8-9)11(2,3)4;1-5-8-6-7-9(11-8)10(2,3)4;1-9(2,3)8-6-5-7-10(8)4;1-9(2,3)8-5-4-7(6-10)11-8;1-7-5-6-8(10-7)9(2,3)4;1-8(2,3)6-4-5-7(12-6)9(10)11;1-6-3-4-8(10-2)7(9)5-6/h5-8H,1-4H3;6-7H,5H2,1-4H3;5-7H,1-4H3;4-5,10H,6H2,1-3H3;5-6H,1-4H3;4-5H,1-3H3;3-5,9H,1-2H3. The van der Waals surface area contributed by atoms with Crippen molar-refractivity contribution >= 4 is 17.2 Å². The van der Waals surface area contributed by atoms with Crippen molar-refractivity contribution in [2.24, 2.45) is 7.05 Å². The SMILES string of the molecule is CC(C)(C)c1ccc(CO)o1.CC(C)(C)c1ccc([N+](=O)[O-])o1.CCc1ccc(C(C)(C)C)s1.COc1ccc(C)cc1O.Cc1ccc(C(C)(C)C)o1.Cc1cccc(C(C)(C)C)c1.Cn1cccc1C(C)(C)C. The molecule has 0 radical (unpaired) electrons. The van der Waals surface area contributed by atoms with Crippen molar-refractivity contribution in [2.45, 2.75) is 198 Å². The molecule has 7 rings (SSSR count). The third kappa shape index (κ3) is 25.1. The number of rotatable bonds is 4. The summed E-state index contributed by atoms with van der Waals surface area (Å²) in [5, 5.41) is 28.1. The maximum Gasteiger partial charge on any atom is 0.433 e. The molecule has 0 bridgehead atoms. The molecule has 10 nitrogen and oxygen atoms in total. The number of thiophene rings is 1. The van der Waals surface area contributed by atoms with Crippen molar-refractivity contribution in [1.29, 1.82) is 0 Å². The monoisotopic (exact) mass is 1050 g/mol. The molecule has 0 spiro atoms. The number of furan rings is 3. The minimum atomic E-state index is -0.532. The molecule has 0 saturated carbocycles. The molecule has 0 unspecified atom stereocenters. The number of hydrogen-bond acceptors (Lipinski definition) is 9. The van der Waals surface area contributed by atoms with Gasteiger partial charge in [0.05, 0.1) is 13.2 Å². The number of phenolic OH excluding ortho intramolecular Hbond substituents is 1. The number of aliphatic hydroxyl groups is 1. The van der Waals surface area contributed by atoms with Crippen LogP contribution < -0.4 is 4.74 Å². The van der Waals surface area contributed by atoms with Crippen LogP contribution in [0.5, 0.6) is 11.5 Å². The summed E-state index contributed by atoms with van der Waals surface area (Å²) in [7, 11) is 3.62. The molecule has 0 fully saturated rings. The lowest BCUT2D eigenvalue weighted by Gasteiger charge is -2.19. The van der Waals surface area contributed by atoms with Gasteiger partial charge in [0.2, 0.25) is 0 Å². The summed E-state index contributed by atoms with van der Waals surface area (Å²) in [6.07, 6.45) is 3.25. The Morgan fingerprint density at radius 2 is 1.13 bits per heavy atom. The molecule has 5 heterocycles. The summed E-state index contributed by atoms with van der Waals surface area (Å²) >= 11 is 1.94. The van der Waals surface area contributed by atoms with E-state index in [2.05, 4.69) is 184 Å². The first-order valence-corrected chi connectivity index (χ1v) is 26.7. The smallest absolute Gasteiger partial charge is 0.433 e. The van der Waals surface area contributed by atoms with Gasteiger partial charge < -0.3 is 32.8 Å². The summed E-state index contributed by atoms with van der Waals surface area (Å²) in [6.45, 7) is 46.9. The van der Waals surface area contributed by atoms with Crippen LogP contribution in [0.25, 0.3) is 0 Å². The van der Waals surface area contributed by atoms with Gasteiger partial charge in [0, 0.05) is 50.4 Å². The molecule has 11 heteroatoms. The maximum absolute atomic E-state index is 10.3. The highest BCUT2D eigenvalue weighted by Gasteiger charge is 2.22. The molecule has 0 aliphatic heterocycles. The highest BCUT2D eigenvalue weighted by molar-refractivity contribution is 7.12. The zero-order valence-electron chi connectivity index (χ0n) is 50.5. The third-order valence-electron chi connectivity index (χ3n) is 11.2. The quantitative estimate of drug-likeness (QED) is 0.131. The number of ether oxygens (including phenoxy) is 1. The fraction of sp³-hybridized carbons (Fsp3) is 0.500. The zero-order valence-corrected chi connectivity index (χ0v) is 51.3. The molecule has 0 aliphatic carbocycles. The van der Waals surface area contributed by atoms with Crippen molar-refractivity contribution in [3.63, 3.8) is 0 Å². The first-order chi connectivity index (χ1) is 34.2. The summed E-state index contributed by atoms with van der Waals surface area (Å²) in [5.74, 6) is 4.76. The molecule has 2 N–H and O–H groups in total. The third-order valence-corrected chi connectivity index (χ3v) is 12.9. The summed E-state index contributed by atoms with van der Waals surface area (Å²) in [4.78, 5) is 12.7. The number of nitro groups is 1. The van der Waals surface area contributed by atoms with Gasteiger partial charge in [-0.05, 0) is 116 Å². The van der Waals surface area contributed by atoms with E-state index in [0.717, 1.165) is 22.8 Å². The van der Waals surface area contributed by atoms with Gasteiger partial charge in [0.25, 0.3) is 0 Å². The average molecular weight is 1050 g/mol. The normalized spacial score (nSPS) is 11.5. The fourth-order valence-corrected chi connectivity index (χ4v) is 7.66. The van der Waals surface area contributed by atoms with Crippen LogP contribution in [0.15, 0.2) is 123 Å². The van der Waals surface area contributed by atoms with Crippen LogP contribution in [0.1, 0.15) is 192 Å². The van der Waals surface area contributed by atoms with E-state index in [1.165, 1.54) is 46.2 Å². The van der Waals surface area contributed by atoms with E-state index >= 15 is 0 Å². The Balaban J connectivity index is 0.000000438. The summed E-state index contributed by atoms with van der Waals surface area (Å²) in [5.41, 5.74) is 6.07. The van der Waals surface area contributed by atoms with Crippen LogP contribution in [0.3, 0.4) is 0 Å². The molecular weight excluding hydrogens is 957 g/mol. The lowest BCUT2D eigenvalue weighted by molar-refractivity contribution is -0.402. The minimum absolute atomic E-state index is 0.0178. The second-order valence-corrected chi connectivity index (χ2v) is 26.1. The zero-order chi connectivity index (χ0) is 57.9. The molecular formula is C64H96N2O8S. The van der Waals surface area contributed by atoms with E-state index in [-0.39, 0.29) is 45.3 Å². The lowest BCUT2D eigenvalue weighted by Crippen LogP contribution is -2.15. The molecule has 7 aromatic rings. The van der Waals surface area contributed by atoms with E-state index in [9.17, 15) is 10.1 Å². The second-order valence-electron chi connectivity index (χ2n) is 24.9. The highest BCUT2D eigenvalue weighted by Crippen LogP contribution is 2.31. The van der Waals surface area contributed by atoms with Crippen LogP contribution in [0.4, 0.5) is 5.88 Å². The van der Waals surface area contributed by atoms with E-state index in [1.54, 1.807) is 24.3 Å². The van der Waals surface area contributed by atoms with E-state index in [1.807, 2.05) is 70.2 Å². The van der Waals surface area contributed by atoms with Gasteiger partial charge in [-0.2, -0.15) is 0 Å². The fourth-order valence-electron chi connectivity index (χ4n) is 6.66. The predicted molar refractivity (Wildman–Crippen MR) is 315 cm³/mol. The molecule has 416 valence electrons. The van der Waals surface area contributed by atoms with Crippen molar-refractivity contribution in [3.8, 4) is 11.5 Å². The summed E-state index contributed by atoms with van der Waals surface area (Å²) in [6, 6.07) is 33.5. The second kappa shape index (κ2) is 28.9.